The van der Waals surface area contributed by atoms with Gasteiger partial charge in [0.05, 0.1) is 22.1 Å². The highest BCUT2D eigenvalue weighted by molar-refractivity contribution is 6.51. The van der Waals surface area contributed by atoms with Crippen molar-refractivity contribution in [2.45, 2.75) is 6.04 Å². The molecule has 0 aromatic heterocycles. The molecule has 2 N–H and O–H groups in total. The molecule has 1 aliphatic rings. The molecular formula is C24H16N2O7. The topological polar surface area (TPSA) is 138 Å². The largest absolute Gasteiger partial charge is 0.507 e. The van der Waals surface area contributed by atoms with Crippen LogP contribution in [-0.2, 0) is 9.59 Å². The van der Waals surface area contributed by atoms with E-state index in [1.165, 1.54) is 48.5 Å². The molecule has 0 bridgehead atoms. The highest BCUT2D eigenvalue weighted by Crippen LogP contribution is 2.42. The average molecular weight is 444 g/mol. The van der Waals surface area contributed by atoms with Gasteiger partial charge >= 0.3 is 5.97 Å². The van der Waals surface area contributed by atoms with Crippen molar-refractivity contribution in [3.8, 4) is 0 Å². The number of nitrogens with zero attached hydrogens (tertiary/aromatic N) is 2. The highest BCUT2D eigenvalue weighted by Gasteiger charge is 2.47. The molecule has 1 atom stereocenters. The fourth-order valence-electron chi connectivity index (χ4n) is 3.74. The predicted octanol–water partition coefficient (Wildman–Crippen LogP) is 3.92. The maximum Gasteiger partial charge on any atom is 0.335 e. The average Bonchev–Trinajstić information content (AvgIpc) is 3.09. The van der Waals surface area contributed by atoms with Crippen LogP contribution in [0.3, 0.4) is 0 Å². The monoisotopic (exact) mass is 444 g/mol. The third-order valence-electron chi connectivity index (χ3n) is 5.28. The maximum absolute atomic E-state index is 13.1. The first-order valence-electron chi connectivity index (χ1n) is 9.73. The summed E-state index contributed by atoms with van der Waals surface area (Å²) in [4.78, 5) is 49.1. The van der Waals surface area contributed by atoms with E-state index >= 15 is 0 Å². The van der Waals surface area contributed by atoms with Gasteiger partial charge in [-0.3, -0.25) is 24.6 Å². The van der Waals surface area contributed by atoms with Gasteiger partial charge in [0.1, 0.15) is 5.76 Å². The van der Waals surface area contributed by atoms with Gasteiger partial charge in [0.15, 0.2) is 0 Å². The number of aliphatic hydroxyl groups is 1. The number of carboxylic acid groups (broad SMARTS) is 1. The number of rotatable bonds is 5. The van der Waals surface area contributed by atoms with Gasteiger partial charge in [0.2, 0.25) is 0 Å². The number of Topliss-reactive ketones (excluding diaryl/α,β-unsaturated/α-hetero) is 1. The zero-order valence-corrected chi connectivity index (χ0v) is 16.9. The van der Waals surface area contributed by atoms with Crippen LogP contribution < -0.4 is 4.90 Å². The molecule has 9 nitrogen and oxygen atoms in total. The van der Waals surface area contributed by atoms with Gasteiger partial charge in [-0.15, -0.1) is 0 Å². The lowest BCUT2D eigenvalue weighted by atomic mass is 9.94. The molecule has 4 rings (SSSR count). The minimum absolute atomic E-state index is 0.0217. The molecular weight excluding hydrogens is 428 g/mol. The summed E-state index contributed by atoms with van der Waals surface area (Å²) < 4.78 is 0. The molecule has 1 fully saturated rings. The molecule has 1 heterocycles. The molecule has 0 aliphatic carbocycles. The highest BCUT2D eigenvalue weighted by atomic mass is 16.6. The van der Waals surface area contributed by atoms with E-state index < -0.39 is 34.4 Å². The Morgan fingerprint density at radius 2 is 1.55 bits per heavy atom. The second-order valence-electron chi connectivity index (χ2n) is 7.24. The summed E-state index contributed by atoms with van der Waals surface area (Å²) in [5.74, 6) is -3.50. The van der Waals surface area contributed by atoms with Crippen LogP contribution in [-0.4, -0.2) is 32.8 Å². The number of aromatic carboxylic acids is 1. The molecule has 0 radical (unpaired) electrons. The number of aliphatic hydroxyl groups excluding tert-OH is 1. The molecule has 3 aromatic rings. The third kappa shape index (κ3) is 3.83. The van der Waals surface area contributed by atoms with Crippen LogP contribution >= 0.6 is 0 Å². The van der Waals surface area contributed by atoms with Crippen LogP contribution in [0.2, 0.25) is 0 Å². The summed E-state index contributed by atoms with van der Waals surface area (Å²) in [6, 6.07) is 17.7. The summed E-state index contributed by atoms with van der Waals surface area (Å²) in [7, 11) is 0. The summed E-state index contributed by atoms with van der Waals surface area (Å²) >= 11 is 0. The Morgan fingerprint density at radius 3 is 2.15 bits per heavy atom. The lowest BCUT2D eigenvalue weighted by molar-refractivity contribution is -0.384. The minimum atomic E-state index is -1.17. The van der Waals surface area contributed by atoms with Crippen LogP contribution in [0.15, 0.2) is 84.4 Å². The first-order chi connectivity index (χ1) is 15.8. The first-order valence-corrected chi connectivity index (χ1v) is 9.73. The molecule has 9 heteroatoms. The molecule has 33 heavy (non-hydrogen) atoms. The number of amides is 1. The molecule has 1 aliphatic heterocycles. The van der Waals surface area contributed by atoms with Crippen molar-refractivity contribution in [2.24, 2.45) is 0 Å². The minimum Gasteiger partial charge on any atom is -0.507 e. The van der Waals surface area contributed by atoms with Crippen molar-refractivity contribution in [3.63, 3.8) is 0 Å². The zero-order valence-electron chi connectivity index (χ0n) is 16.9. The number of carbonyl (C=O) groups is 3. The zero-order chi connectivity index (χ0) is 23.7. The number of non-ortho nitro benzene ring substituents is 1. The Morgan fingerprint density at radius 1 is 0.879 bits per heavy atom. The maximum atomic E-state index is 13.1. The van der Waals surface area contributed by atoms with Crippen LogP contribution in [0.5, 0.6) is 0 Å². The van der Waals surface area contributed by atoms with E-state index in [-0.39, 0.29) is 28.1 Å². The van der Waals surface area contributed by atoms with E-state index in [1.54, 1.807) is 30.3 Å². The molecule has 1 saturated heterocycles. The fraction of sp³-hybridized carbons (Fsp3) is 0.0417. The summed E-state index contributed by atoms with van der Waals surface area (Å²) in [5.41, 5.74) is 0.237. The second-order valence-corrected chi connectivity index (χ2v) is 7.24. The molecule has 0 unspecified atom stereocenters. The van der Waals surface area contributed by atoms with Crippen LogP contribution in [0, 0.1) is 10.1 Å². The Balaban J connectivity index is 1.94. The Kier molecular flexibility index (Phi) is 5.45. The van der Waals surface area contributed by atoms with Gasteiger partial charge in [-0.05, 0) is 29.8 Å². The number of carboxylic acids is 1. The Labute approximate surface area is 187 Å². The smallest absolute Gasteiger partial charge is 0.335 e. The van der Waals surface area contributed by atoms with Crippen LogP contribution in [0.4, 0.5) is 11.4 Å². The van der Waals surface area contributed by atoms with E-state index in [0.717, 1.165) is 4.90 Å². The lowest BCUT2D eigenvalue weighted by Gasteiger charge is -2.25. The van der Waals surface area contributed by atoms with Crippen LogP contribution in [0.1, 0.15) is 27.5 Å². The van der Waals surface area contributed by atoms with Crippen molar-refractivity contribution in [2.75, 3.05) is 4.90 Å². The number of nitro groups is 1. The number of hydrogen-bond acceptors (Lipinski definition) is 6. The molecule has 3 aromatic carbocycles. The lowest BCUT2D eigenvalue weighted by Crippen LogP contribution is -2.29. The van der Waals surface area contributed by atoms with Gasteiger partial charge in [0.25, 0.3) is 17.4 Å². The number of hydrogen-bond donors (Lipinski definition) is 2. The number of ketones is 1. The standard InChI is InChI=1S/C24H16N2O7/c27-21(14-5-2-1-3-6-14)19-20(16-7-4-8-18(13-16)26(32)33)25(23(29)22(19)28)17-11-9-15(10-12-17)24(30)31/h1-13,20,27H,(H,30,31)/t20-/m1/s1. The number of carbonyl (C=O) groups excluding carboxylic acids is 2. The first kappa shape index (κ1) is 21.4. The summed E-state index contributed by atoms with van der Waals surface area (Å²) in [6.45, 7) is 0. The number of nitro benzene ring substituents is 1. The predicted molar refractivity (Wildman–Crippen MR) is 118 cm³/mol. The van der Waals surface area contributed by atoms with Gasteiger partial charge in [-0.1, -0.05) is 42.5 Å². The third-order valence-corrected chi connectivity index (χ3v) is 5.28. The van der Waals surface area contributed by atoms with Crippen molar-refractivity contribution in [1.29, 1.82) is 0 Å². The van der Waals surface area contributed by atoms with Crippen LogP contribution in [0.25, 0.3) is 5.76 Å². The van der Waals surface area contributed by atoms with Crippen molar-refractivity contribution in [1.82, 2.24) is 0 Å². The van der Waals surface area contributed by atoms with E-state index in [0.29, 0.717) is 5.56 Å². The molecule has 0 spiro atoms. The van der Waals surface area contributed by atoms with Crippen molar-refractivity contribution >= 4 is 34.8 Å². The number of benzene rings is 3. The normalized spacial score (nSPS) is 17.2. The van der Waals surface area contributed by atoms with E-state index in [4.69, 9.17) is 5.11 Å². The second kappa shape index (κ2) is 8.39. The summed E-state index contributed by atoms with van der Waals surface area (Å²) in [6.07, 6.45) is 0. The molecule has 1 amide bonds. The number of anilines is 1. The quantitative estimate of drug-likeness (QED) is 0.200. The van der Waals surface area contributed by atoms with Gasteiger partial charge in [-0.2, -0.15) is 0 Å². The Hall–Kier alpha value is -4.79. The van der Waals surface area contributed by atoms with E-state index in [2.05, 4.69) is 0 Å². The molecule has 164 valence electrons. The van der Waals surface area contributed by atoms with E-state index in [1.807, 2.05) is 0 Å². The van der Waals surface area contributed by atoms with Gasteiger partial charge in [0, 0.05) is 23.4 Å². The Bertz CT molecular complexity index is 1310. The SMILES string of the molecule is O=C1C(=O)N(c2ccc(C(=O)O)cc2)[C@H](c2cccc([N+](=O)[O-])c2)C1=C(O)c1ccccc1. The fourth-order valence-corrected chi connectivity index (χ4v) is 3.74. The van der Waals surface area contributed by atoms with Gasteiger partial charge < -0.3 is 10.2 Å². The van der Waals surface area contributed by atoms with Crippen molar-refractivity contribution < 1.29 is 29.5 Å². The van der Waals surface area contributed by atoms with E-state index in [9.17, 15) is 29.6 Å². The molecule has 0 saturated carbocycles. The van der Waals surface area contributed by atoms with Gasteiger partial charge in [-0.25, -0.2) is 4.79 Å². The summed E-state index contributed by atoms with van der Waals surface area (Å²) in [5, 5.41) is 31.4. The van der Waals surface area contributed by atoms with Crippen molar-refractivity contribution in [3.05, 3.63) is 111 Å².